The van der Waals surface area contributed by atoms with Crippen LogP contribution in [0.25, 0.3) is 0 Å². The fraction of sp³-hybridized carbons (Fsp3) is 0.526. The monoisotopic (exact) mass is 400 g/mol. The highest BCUT2D eigenvalue weighted by Gasteiger charge is 2.52. The summed E-state index contributed by atoms with van der Waals surface area (Å²) in [4.78, 5) is 0.213. The van der Waals surface area contributed by atoms with Crippen LogP contribution in [0.5, 0.6) is 0 Å². The van der Waals surface area contributed by atoms with Crippen molar-refractivity contribution in [3.63, 3.8) is 0 Å². The highest BCUT2D eigenvalue weighted by atomic mass is 32.2. The Kier molecular flexibility index (Phi) is 4.63. The lowest BCUT2D eigenvalue weighted by atomic mass is 9.53. The van der Waals surface area contributed by atoms with Crippen LogP contribution in [-0.4, -0.2) is 25.5 Å². The van der Waals surface area contributed by atoms with E-state index in [9.17, 15) is 8.42 Å². The first-order valence-corrected chi connectivity index (χ1v) is 11.0. The Labute approximate surface area is 164 Å². The Balaban J connectivity index is 1.48. The van der Waals surface area contributed by atoms with E-state index in [1.165, 1.54) is 31.4 Å². The van der Waals surface area contributed by atoms with Gasteiger partial charge in [0.15, 0.2) is 5.84 Å². The number of rotatable bonds is 6. The second-order valence-corrected chi connectivity index (χ2v) is 10.1. The fourth-order valence-electron chi connectivity index (χ4n) is 5.55. The smallest absolute Gasteiger partial charge is 0.241 e. The number of hydrogen-bond acceptors (Lipinski definition) is 6. The van der Waals surface area contributed by atoms with E-state index in [1.54, 1.807) is 18.2 Å². The zero-order valence-electron chi connectivity index (χ0n) is 15.5. The largest absolute Gasteiger partial charge is 0.382 e. The van der Waals surface area contributed by atoms with Crippen LogP contribution in [0.1, 0.15) is 38.5 Å². The molecule has 5 rings (SSSR count). The van der Waals surface area contributed by atoms with Gasteiger partial charge in [0, 0.05) is 5.54 Å². The van der Waals surface area contributed by atoms with Crippen molar-refractivity contribution < 1.29 is 8.42 Å². The normalized spacial score (nSPS) is 31.4. The number of hydrazone groups is 1. The van der Waals surface area contributed by atoms with Gasteiger partial charge in [0.25, 0.3) is 0 Å². The van der Waals surface area contributed by atoms with E-state index >= 15 is 0 Å². The first-order chi connectivity index (χ1) is 13.3. The molecule has 0 radical (unpaired) electrons. The van der Waals surface area contributed by atoms with Gasteiger partial charge in [0.2, 0.25) is 15.7 Å². The number of anilines is 1. The molecule has 0 spiro atoms. The molecule has 0 atom stereocenters. The van der Waals surface area contributed by atoms with Gasteiger partial charge in [-0.3, -0.25) is 10.8 Å². The summed E-state index contributed by atoms with van der Waals surface area (Å²) in [5.41, 5.74) is 7.84. The molecule has 5 N–H and O–H groups in total. The maximum absolute atomic E-state index is 13.0. The molecule has 4 fully saturated rings. The Morgan fingerprint density at radius 1 is 1.14 bits per heavy atom. The van der Waals surface area contributed by atoms with Gasteiger partial charge in [-0.15, -0.1) is 0 Å². The van der Waals surface area contributed by atoms with Crippen LogP contribution in [0.3, 0.4) is 0 Å². The van der Waals surface area contributed by atoms with Crippen molar-refractivity contribution in [2.45, 2.75) is 49.0 Å². The Morgan fingerprint density at radius 2 is 1.68 bits per heavy atom. The molecule has 4 aliphatic rings. The molecule has 0 aliphatic heterocycles. The summed E-state index contributed by atoms with van der Waals surface area (Å²) in [5, 5.41) is 19.8. The van der Waals surface area contributed by atoms with Crippen LogP contribution in [0.15, 0.2) is 34.3 Å². The molecular weight excluding hydrogens is 376 g/mol. The van der Waals surface area contributed by atoms with Crippen molar-refractivity contribution >= 4 is 27.3 Å². The maximum atomic E-state index is 13.0. The molecule has 4 aliphatic carbocycles. The molecule has 0 aromatic heterocycles. The van der Waals surface area contributed by atoms with Crippen LogP contribution in [0.4, 0.5) is 5.69 Å². The highest BCUT2D eigenvalue weighted by Crippen LogP contribution is 2.55. The summed E-state index contributed by atoms with van der Waals surface area (Å²) in [7, 11) is -3.61. The predicted molar refractivity (Wildman–Crippen MR) is 106 cm³/mol. The standard InChI is InChI=1S/C19H24N6O2S/c20-11-17(18(21)22)24-23-15-1-3-16(4-2-15)28(26,27)25-19-8-12-5-13(9-19)7-14(6-12)10-19/h1-4,12-14,23,25H,5-10H2,(H3,21,22)/b24-17+. The van der Waals surface area contributed by atoms with Crippen LogP contribution < -0.4 is 15.9 Å². The predicted octanol–water partition coefficient (Wildman–Crippen LogP) is 2.16. The van der Waals surface area contributed by atoms with Crippen molar-refractivity contribution in [3.05, 3.63) is 24.3 Å². The quantitative estimate of drug-likeness (QED) is 0.328. The number of amidine groups is 1. The summed E-state index contributed by atoms with van der Waals surface area (Å²) in [6.07, 6.45) is 6.63. The van der Waals surface area contributed by atoms with Gasteiger partial charge < -0.3 is 5.73 Å². The van der Waals surface area contributed by atoms with Crippen molar-refractivity contribution in [2.75, 3.05) is 5.43 Å². The van der Waals surface area contributed by atoms with E-state index in [2.05, 4.69) is 15.2 Å². The molecule has 9 heteroatoms. The van der Waals surface area contributed by atoms with Gasteiger partial charge in [-0.05, 0) is 80.5 Å². The maximum Gasteiger partial charge on any atom is 0.241 e. The lowest BCUT2D eigenvalue weighted by Crippen LogP contribution is -2.59. The minimum absolute atomic E-state index is 0.213. The second kappa shape index (κ2) is 6.87. The van der Waals surface area contributed by atoms with Crippen LogP contribution in [0, 0.1) is 34.5 Å². The minimum Gasteiger partial charge on any atom is -0.382 e. The van der Waals surface area contributed by atoms with Crippen LogP contribution >= 0.6 is 0 Å². The number of nitrogens with two attached hydrogens (primary N) is 1. The number of hydrogen-bond donors (Lipinski definition) is 4. The minimum atomic E-state index is -3.61. The summed E-state index contributed by atoms with van der Waals surface area (Å²) in [5.74, 6) is 1.55. The topological polar surface area (TPSA) is 144 Å². The number of nitriles is 1. The molecule has 0 heterocycles. The summed E-state index contributed by atoms with van der Waals surface area (Å²) in [6.45, 7) is 0. The molecule has 1 aromatic rings. The summed E-state index contributed by atoms with van der Waals surface area (Å²) < 4.78 is 29.0. The lowest BCUT2D eigenvalue weighted by Gasteiger charge is -2.56. The summed E-state index contributed by atoms with van der Waals surface area (Å²) >= 11 is 0. The molecule has 1 aromatic carbocycles. The second-order valence-electron chi connectivity index (χ2n) is 8.43. The summed E-state index contributed by atoms with van der Waals surface area (Å²) in [6, 6.07) is 7.89. The molecule has 0 amide bonds. The van der Waals surface area contributed by atoms with E-state index < -0.39 is 15.9 Å². The van der Waals surface area contributed by atoms with Crippen molar-refractivity contribution in [1.82, 2.24) is 4.72 Å². The third kappa shape index (κ3) is 3.62. The van der Waals surface area contributed by atoms with Gasteiger partial charge in [-0.2, -0.15) is 10.4 Å². The zero-order valence-corrected chi connectivity index (χ0v) is 16.3. The number of benzene rings is 1. The molecule has 0 saturated heterocycles. The Morgan fingerprint density at radius 3 is 2.14 bits per heavy atom. The first kappa shape index (κ1) is 18.9. The molecule has 8 nitrogen and oxygen atoms in total. The Bertz CT molecular complexity index is 926. The fourth-order valence-corrected chi connectivity index (χ4v) is 6.99. The number of sulfonamides is 1. The lowest BCUT2D eigenvalue weighted by molar-refractivity contribution is -0.00810. The van der Waals surface area contributed by atoms with Gasteiger partial charge in [-0.1, -0.05) is 0 Å². The zero-order chi connectivity index (χ0) is 19.9. The molecule has 148 valence electrons. The van der Waals surface area contributed by atoms with Crippen molar-refractivity contribution in [3.8, 4) is 6.07 Å². The SMILES string of the molecule is N#C/C(=N\Nc1ccc(S(=O)(=O)NC23CC4CC(CC(C4)C2)C3)cc1)C(=N)N. The van der Waals surface area contributed by atoms with E-state index in [4.69, 9.17) is 16.4 Å². The molecule has 0 unspecified atom stereocenters. The molecule has 4 saturated carbocycles. The van der Waals surface area contributed by atoms with E-state index in [0.29, 0.717) is 23.4 Å². The highest BCUT2D eigenvalue weighted by molar-refractivity contribution is 7.89. The average Bonchev–Trinajstić information content (AvgIpc) is 2.60. The third-order valence-corrected chi connectivity index (χ3v) is 7.81. The average molecular weight is 401 g/mol. The molecule has 4 bridgehead atoms. The molecule has 28 heavy (non-hydrogen) atoms. The van der Waals surface area contributed by atoms with Crippen molar-refractivity contribution in [1.29, 1.82) is 10.7 Å². The number of nitrogens with one attached hydrogen (secondary N) is 3. The van der Waals surface area contributed by atoms with E-state index in [-0.39, 0.29) is 16.1 Å². The van der Waals surface area contributed by atoms with Gasteiger partial charge in [0.05, 0.1) is 10.6 Å². The molecular formula is C19H24N6O2S. The van der Waals surface area contributed by atoms with Gasteiger partial charge in [0.1, 0.15) is 6.07 Å². The van der Waals surface area contributed by atoms with Crippen LogP contribution in [0.2, 0.25) is 0 Å². The van der Waals surface area contributed by atoms with E-state index in [1.807, 2.05) is 0 Å². The third-order valence-electron chi connectivity index (χ3n) is 6.21. The van der Waals surface area contributed by atoms with Crippen molar-refractivity contribution in [2.24, 2.45) is 28.6 Å². The first-order valence-electron chi connectivity index (χ1n) is 9.51. The van der Waals surface area contributed by atoms with E-state index in [0.717, 1.165) is 19.3 Å². The Hall–Kier alpha value is -2.44. The number of nitrogens with zero attached hydrogens (tertiary/aromatic N) is 2. The van der Waals surface area contributed by atoms with Crippen LogP contribution in [-0.2, 0) is 10.0 Å². The van der Waals surface area contributed by atoms with Gasteiger partial charge in [-0.25, -0.2) is 13.1 Å². The van der Waals surface area contributed by atoms with Gasteiger partial charge >= 0.3 is 0 Å².